The molecule has 0 saturated carbocycles. The number of likely N-dealkylation sites (tertiary alicyclic amines) is 1. The van der Waals surface area contributed by atoms with Gasteiger partial charge in [-0.15, -0.1) is 0 Å². The fraction of sp³-hybridized carbons (Fsp3) is 0.591. The van der Waals surface area contributed by atoms with Gasteiger partial charge in [-0.3, -0.25) is 9.47 Å². The maximum atomic E-state index is 12.5. The van der Waals surface area contributed by atoms with E-state index in [1.165, 1.54) is 25.7 Å². The number of hydrogen-bond donors (Lipinski definition) is 2. The zero-order valence-electron chi connectivity index (χ0n) is 17.9. The quantitative estimate of drug-likeness (QED) is 0.751. The van der Waals surface area contributed by atoms with E-state index >= 15 is 0 Å². The average Bonchev–Trinajstić information content (AvgIpc) is 2.96. The second-order valence-corrected chi connectivity index (χ2v) is 8.16. The van der Waals surface area contributed by atoms with Crippen LogP contribution in [0.1, 0.15) is 50.9 Å². The summed E-state index contributed by atoms with van der Waals surface area (Å²) in [7, 11) is 0. The van der Waals surface area contributed by atoms with Crippen LogP contribution in [-0.4, -0.2) is 51.1 Å². The SMILES string of the molecule is Cc1nccn1-c1ncccc1CNC(=O)NCC(C(C)C)N1CCCCCC1. The van der Waals surface area contributed by atoms with Crippen LogP contribution in [0.4, 0.5) is 4.79 Å². The lowest BCUT2D eigenvalue weighted by atomic mass is 10.0. The third kappa shape index (κ3) is 5.79. The molecule has 1 saturated heterocycles. The fourth-order valence-corrected chi connectivity index (χ4v) is 4.04. The van der Waals surface area contributed by atoms with E-state index in [1.54, 1.807) is 12.4 Å². The molecule has 1 aliphatic rings. The summed E-state index contributed by atoms with van der Waals surface area (Å²) < 4.78 is 1.93. The Balaban J connectivity index is 1.55. The van der Waals surface area contributed by atoms with Gasteiger partial charge in [0.1, 0.15) is 11.6 Å². The van der Waals surface area contributed by atoms with Crippen LogP contribution in [0.25, 0.3) is 5.82 Å². The second-order valence-electron chi connectivity index (χ2n) is 8.16. The first-order valence-electron chi connectivity index (χ1n) is 10.8. The predicted molar refractivity (Wildman–Crippen MR) is 115 cm³/mol. The normalized spacial score (nSPS) is 16.4. The highest BCUT2D eigenvalue weighted by Crippen LogP contribution is 2.17. The molecule has 1 unspecified atom stereocenters. The molecule has 2 aromatic rings. The second kappa shape index (κ2) is 10.4. The Labute approximate surface area is 173 Å². The molecule has 1 fully saturated rings. The molecular formula is C22H34N6O. The summed E-state index contributed by atoms with van der Waals surface area (Å²) in [6, 6.07) is 4.11. The van der Waals surface area contributed by atoms with E-state index in [2.05, 4.69) is 39.3 Å². The van der Waals surface area contributed by atoms with Gasteiger partial charge < -0.3 is 10.6 Å². The number of imidazole rings is 1. The number of rotatable bonds is 7. The van der Waals surface area contributed by atoms with Gasteiger partial charge in [-0.2, -0.15) is 0 Å². The number of nitrogens with zero attached hydrogens (tertiary/aromatic N) is 4. The molecule has 3 rings (SSSR count). The van der Waals surface area contributed by atoms with E-state index in [9.17, 15) is 4.79 Å². The van der Waals surface area contributed by atoms with Gasteiger partial charge in [0, 0.05) is 43.3 Å². The van der Waals surface area contributed by atoms with Crippen LogP contribution in [0.15, 0.2) is 30.7 Å². The van der Waals surface area contributed by atoms with E-state index < -0.39 is 0 Å². The van der Waals surface area contributed by atoms with E-state index in [1.807, 2.05) is 29.8 Å². The van der Waals surface area contributed by atoms with Crippen molar-refractivity contribution in [1.29, 1.82) is 0 Å². The Morgan fingerprint density at radius 1 is 1.10 bits per heavy atom. The lowest BCUT2D eigenvalue weighted by Crippen LogP contribution is -2.49. The van der Waals surface area contributed by atoms with E-state index in [0.717, 1.165) is 30.3 Å². The molecule has 7 nitrogen and oxygen atoms in total. The van der Waals surface area contributed by atoms with Crippen LogP contribution in [-0.2, 0) is 6.54 Å². The molecule has 0 aliphatic carbocycles. The van der Waals surface area contributed by atoms with Crippen molar-refractivity contribution in [2.24, 2.45) is 5.92 Å². The summed E-state index contributed by atoms with van der Waals surface area (Å²) in [4.78, 5) is 23.8. The van der Waals surface area contributed by atoms with Crippen LogP contribution in [0.2, 0.25) is 0 Å². The van der Waals surface area contributed by atoms with Gasteiger partial charge in [0.15, 0.2) is 0 Å². The van der Waals surface area contributed by atoms with Crippen molar-refractivity contribution >= 4 is 6.03 Å². The molecule has 0 spiro atoms. The third-order valence-electron chi connectivity index (χ3n) is 5.71. The van der Waals surface area contributed by atoms with Crippen LogP contribution >= 0.6 is 0 Å². The highest BCUT2D eigenvalue weighted by molar-refractivity contribution is 5.74. The molecule has 0 bridgehead atoms. The van der Waals surface area contributed by atoms with Crippen molar-refractivity contribution in [1.82, 2.24) is 30.1 Å². The molecule has 2 aromatic heterocycles. The fourth-order valence-electron chi connectivity index (χ4n) is 4.04. The number of urea groups is 1. The Morgan fingerprint density at radius 2 is 1.86 bits per heavy atom. The van der Waals surface area contributed by atoms with Crippen molar-refractivity contribution in [2.45, 2.75) is 59.0 Å². The molecule has 7 heteroatoms. The summed E-state index contributed by atoms with van der Waals surface area (Å²) in [6.45, 7) is 9.78. The van der Waals surface area contributed by atoms with E-state index in [4.69, 9.17) is 0 Å². The van der Waals surface area contributed by atoms with Gasteiger partial charge in [-0.1, -0.05) is 32.8 Å². The lowest BCUT2D eigenvalue weighted by Gasteiger charge is -2.33. The zero-order chi connectivity index (χ0) is 20.6. The average molecular weight is 399 g/mol. The first-order chi connectivity index (χ1) is 14.1. The number of carbonyl (C=O) groups is 1. The number of aryl methyl sites for hydroxylation is 1. The Kier molecular flexibility index (Phi) is 7.63. The topological polar surface area (TPSA) is 75.1 Å². The lowest BCUT2D eigenvalue weighted by molar-refractivity contribution is 0.157. The maximum absolute atomic E-state index is 12.5. The van der Waals surface area contributed by atoms with Crippen LogP contribution in [0.3, 0.4) is 0 Å². The largest absolute Gasteiger partial charge is 0.337 e. The third-order valence-corrected chi connectivity index (χ3v) is 5.71. The summed E-state index contributed by atoms with van der Waals surface area (Å²) in [5, 5.41) is 6.07. The molecule has 1 atom stereocenters. The molecule has 2 amide bonds. The highest BCUT2D eigenvalue weighted by atomic mass is 16.2. The molecule has 0 radical (unpaired) electrons. The minimum absolute atomic E-state index is 0.136. The number of hydrogen-bond acceptors (Lipinski definition) is 4. The van der Waals surface area contributed by atoms with Crippen LogP contribution < -0.4 is 10.6 Å². The van der Waals surface area contributed by atoms with Crippen molar-refractivity contribution in [3.63, 3.8) is 0 Å². The van der Waals surface area contributed by atoms with Gasteiger partial charge in [0.05, 0.1) is 0 Å². The number of amides is 2. The minimum atomic E-state index is -0.136. The van der Waals surface area contributed by atoms with Gasteiger partial charge in [-0.05, 0) is 44.8 Å². The summed E-state index contributed by atoms with van der Waals surface area (Å²) in [6.07, 6.45) is 10.5. The summed E-state index contributed by atoms with van der Waals surface area (Å²) >= 11 is 0. The predicted octanol–water partition coefficient (Wildman–Crippen LogP) is 3.28. The Bertz CT molecular complexity index is 779. The highest BCUT2D eigenvalue weighted by Gasteiger charge is 2.23. The van der Waals surface area contributed by atoms with E-state index in [0.29, 0.717) is 25.0 Å². The first-order valence-corrected chi connectivity index (χ1v) is 10.8. The Morgan fingerprint density at radius 3 is 2.52 bits per heavy atom. The van der Waals surface area contributed by atoms with E-state index in [-0.39, 0.29) is 6.03 Å². The monoisotopic (exact) mass is 398 g/mol. The van der Waals surface area contributed by atoms with Crippen molar-refractivity contribution in [3.05, 3.63) is 42.1 Å². The van der Waals surface area contributed by atoms with Gasteiger partial charge in [0.2, 0.25) is 0 Å². The van der Waals surface area contributed by atoms with Gasteiger partial charge >= 0.3 is 6.03 Å². The van der Waals surface area contributed by atoms with Crippen LogP contribution in [0, 0.1) is 12.8 Å². The van der Waals surface area contributed by atoms with Gasteiger partial charge in [0.25, 0.3) is 0 Å². The molecule has 1 aliphatic heterocycles. The van der Waals surface area contributed by atoms with Crippen molar-refractivity contribution in [3.8, 4) is 5.82 Å². The zero-order valence-corrected chi connectivity index (χ0v) is 17.9. The van der Waals surface area contributed by atoms with Gasteiger partial charge in [-0.25, -0.2) is 14.8 Å². The first kappa shape index (κ1) is 21.3. The summed E-state index contributed by atoms with van der Waals surface area (Å²) in [5.74, 6) is 2.17. The standard InChI is InChI=1S/C22H34N6O/c1-17(2)20(27-12-6-4-5-7-13-27)16-26-22(29)25-15-19-9-8-10-24-21(19)28-14-11-23-18(28)3/h8-11,14,17,20H,4-7,12-13,15-16H2,1-3H3,(H2,25,26,29). The van der Waals surface area contributed by atoms with Crippen LogP contribution in [0.5, 0.6) is 0 Å². The maximum Gasteiger partial charge on any atom is 0.315 e. The molecule has 2 N–H and O–H groups in total. The number of aromatic nitrogens is 3. The molecule has 0 aromatic carbocycles. The van der Waals surface area contributed by atoms with Crippen molar-refractivity contribution < 1.29 is 4.79 Å². The molecular weight excluding hydrogens is 364 g/mol. The number of nitrogens with one attached hydrogen (secondary N) is 2. The molecule has 158 valence electrons. The van der Waals surface area contributed by atoms with Crippen molar-refractivity contribution in [2.75, 3.05) is 19.6 Å². The summed E-state index contributed by atoms with van der Waals surface area (Å²) in [5.41, 5.74) is 0.955. The smallest absolute Gasteiger partial charge is 0.315 e. The molecule has 3 heterocycles. The number of pyridine rings is 1. The Hall–Kier alpha value is -2.41. The molecule has 29 heavy (non-hydrogen) atoms. The minimum Gasteiger partial charge on any atom is -0.337 e. The number of carbonyl (C=O) groups excluding carboxylic acids is 1.